The molecule has 0 aliphatic heterocycles. The van der Waals surface area contributed by atoms with Gasteiger partial charge in [0.2, 0.25) is 11.9 Å². The van der Waals surface area contributed by atoms with Crippen LogP contribution in [0.3, 0.4) is 0 Å². The van der Waals surface area contributed by atoms with Gasteiger partial charge in [-0.25, -0.2) is 0 Å². The maximum Gasteiger partial charge on any atom is 0.323 e. The molecule has 118 valence electrons. The van der Waals surface area contributed by atoms with Gasteiger partial charge in [0.05, 0.1) is 6.61 Å². The third-order valence-electron chi connectivity index (χ3n) is 3.89. The summed E-state index contributed by atoms with van der Waals surface area (Å²) in [7, 11) is 0. The highest BCUT2D eigenvalue weighted by molar-refractivity contribution is 5.32. The summed E-state index contributed by atoms with van der Waals surface area (Å²) < 4.78 is 5.39. The van der Waals surface area contributed by atoms with Crippen LogP contribution in [-0.2, 0) is 0 Å². The van der Waals surface area contributed by atoms with Crippen molar-refractivity contribution in [2.75, 3.05) is 30.8 Å². The maximum atomic E-state index is 9.43. The zero-order valence-corrected chi connectivity index (χ0v) is 12.6. The highest BCUT2D eigenvalue weighted by Gasteiger charge is 2.24. The fourth-order valence-corrected chi connectivity index (χ4v) is 2.72. The Hall–Kier alpha value is -1.63. The molecule has 0 bridgehead atoms. The van der Waals surface area contributed by atoms with E-state index in [0.717, 1.165) is 25.8 Å². The average molecular weight is 295 g/mol. The van der Waals surface area contributed by atoms with Crippen LogP contribution in [0.5, 0.6) is 6.01 Å². The van der Waals surface area contributed by atoms with Crippen LogP contribution in [0.15, 0.2) is 0 Å². The predicted octanol–water partition coefficient (Wildman–Crippen LogP) is 1.45. The minimum absolute atomic E-state index is 0.154. The first-order valence-electron chi connectivity index (χ1n) is 7.72. The number of nitrogens with one attached hydrogen (secondary N) is 1. The van der Waals surface area contributed by atoms with Crippen molar-refractivity contribution < 1.29 is 9.84 Å². The smallest absolute Gasteiger partial charge is 0.323 e. The second-order valence-corrected chi connectivity index (χ2v) is 5.52. The monoisotopic (exact) mass is 295 g/mol. The van der Waals surface area contributed by atoms with Gasteiger partial charge in [0.1, 0.15) is 0 Å². The second kappa shape index (κ2) is 7.97. The van der Waals surface area contributed by atoms with Crippen molar-refractivity contribution in [1.29, 1.82) is 0 Å². The van der Waals surface area contributed by atoms with Gasteiger partial charge in [-0.2, -0.15) is 15.0 Å². The molecule has 1 aliphatic carbocycles. The SMILES string of the molecule is CCCOc1nc(N)nc(NCC2CCCCC2CO)n1. The van der Waals surface area contributed by atoms with E-state index in [2.05, 4.69) is 20.3 Å². The summed E-state index contributed by atoms with van der Waals surface area (Å²) in [6.45, 7) is 3.55. The molecule has 0 radical (unpaired) electrons. The number of ether oxygens (including phenoxy) is 1. The molecule has 1 fully saturated rings. The second-order valence-electron chi connectivity index (χ2n) is 5.52. The van der Waals surface area contributed by atoms with Crippen LogP contribution in [0.2, 0.25) is 0 Å². The van der Waals surface area contributed by atoms with E-state index in [1.54, 1.807) is 0 Å². The zero-order valence-electron chi connectivity index (χ0n) is 12.6. The van der Waals surface area contributed by atoms with Gasteiger partial charge < -0.3 is 20.9 Å². The van der Waals surface area contributed by atoms with Gasteiger partial charge in [-0.15, -0.1) is 0 Å². The molecule has 0 spiro atoms. The third kappa shape index (κ3) is 4.70. The molecule has 21 heavy (non-hydrogen) atoms. The van der Waals surface area contributed by atoms with Gasteiger partial charge in [0, 0.05) is 13.2 Å². The molecule has 1 aromatic heterocycles. The van der Waals surface area contributed by atoms with Crippen molar-refractivity contribution in [3.63, 3.8) is 0 Å². The van der Waals surface area contributed by atoms with E-state index in [0.29, 0.717) is 24.4 Å². The van der Waals surface area contributed by atoms with Crippen molar-refractivity contribution >= 4 is 11.9 Å². The van der Waals surface area contributed by atoms with Gasteiger partial charge in [-0.05, 0) is 31.1 Å². The van der Waals surface area contributed by atoms with Crippen molar-refractivity contribution in [3.05, 3.63) is 0 Å². The Balaban J connectivity index is 1.93. The van der Waals surface area contributed by atoms with Gasteiger partial charge in [-0.1, -0.05) is 19.8 Å². The number of aliphatic hydroxyl groups is 1. The first-order chi connectivity index (χ1) is 10.2. The van der Waals surface area contributed by atoms with E-state index in [4.69, 9.17) is 10.5 Å². The molecule has 7 nitrogen and oxygen atoms in total. The molecule has 1 aromatic rings. The van der Waals surface area contributed by atoms with E-state index in [1.165, 1.54) is 12.8 Å². The van der Waals surface area contributed by atoms with Crippen LogP contribution in [0.25, 0.3) is 0 Å². The van der Waals surface area contributed by atoms with Gasteiger partial charge >= 0.3 is 6.01 Å². The van der Waals surface area contributed by atoms with Crippen molar-refractivity contribution in [2.24, 2.45) is 11.8 Å². The van der Waals surface area contributed by atoms with E-state index >= 15 is 0 Å². The van der Waals surface area contributed by atoms with Crippen LogP contribution < -0.4 is 15.8 Å². The molecule has 0 aromatic carbocycles. The molecule has 1 saturated carbocycles. The minimum Gasteiger partial charge on any atom is -0.463 e. The normalized spacial score (nSPS) is 22.0. The molecule has 2 atom stereocenters. The Morgan fingerprint density at radius 2 is 2.00 bits per heavy atom. The summed E-state index contributed by atoms with van der Waals surface area (Å²) in [4.78, 5) is 12.2. The summed E-state index contributed by atoms with van der Waals surface area (Å²) >= 11 is 0. The minimum atomic E-state index is 0.154. The lowest BCUT2D eigenvalue weighted by molar-refractivity contribution is 0.141. The predicted molar refractivity (Wildman–Crippen MR) is 81.0 cm³/mol. The molecule has 2 rings (SSSR count). The molecule has 7 heteroatoms. The number of nitrogens with two attached hydrogens (primary N) is 1. The summed E-state index contributed by atoms with van der Waals surface area (Å²) in [6.07, 6.45) is 5.52. The lowest BCUT2D eigenvalue weighted by Crippen LogP contribution is -2.29. The fraction of sp³-hybridized carbons (Fsp3) is 0.786. The summed E-state index contributed by atoms with van der Waals surface area (Å²) in [5, 5.41) is 12.6. The van der Waals surface area contributed by atoms with Crippen LogP contribution in [-0.4, -0.2) is 39.8 Å². The van der Waals surface area contributed by atoms with E-state index in [1.807, 2.05) is 6.92 Å². The number of rotatable bonds is 7. The van der Waals surface area contributed by atoms with Crippen LogP contribution in [0.4, 0.5) is 11.9 Å². The summed E-state index contributed by atoms with van der Waals surface area (Å²) in [5.41, 5.74) is 5.67. The zero-order chi connectivity index (χ0) is 15.1. The lowest BCUT2D eigenvalue weighted by atomic mass is 9.80. The number of nitrogens with zero attached hydrogens (tertiary/aromatic N) is 3. The largest absolute Gasteiger partial charge is 0.463 e. The van der Waals surface area contributed by atoms with E-state index in [-0.39, 0.29) is 18.6 Å². The molecule has 1 aliphatic rings. The van der Waals surface area contributed by atoms with Crippen LogP contribution in [0.1, 0.15) is 39.0 Å². The lowest BCUT2D eigenvalue weighted by Gasteiger charge is -2.30. The van der Waals surface area contributed by atoms with Crippen molar-refractivity contribution in [1.82, 2.24) is 15.0 Å². The Labute approximate surface area is 125 Å². The first kappa shape index (κ1) is 15.8. The van der Waals surface area contributed by atoms with Gasteiger partial charge in [0.15, 0.2) is 0 Å². The van der Waals surface area contributed by atoms with Crippen molar-refractivity contribution in [2.45, 2.75) is 39.0 Å². The summed E-state index contributed by atoms with van der Waals surface area (Å²) in [5.74, 6) is 1.40. The number of nitrogen functional groups attached to an aromatic ring is 1. The molecule has 2 unspecified atom stereocenters. The quantitative estimate of drug-likeness (QED) is 0.699. The number of anilines is 2. The molecule has 4 N–H and O–H groups in total. The Morgan fingerprint density at radius 3 is 2.71 bits per heavy atom. The van der Waals surface area contributed by atoms with E-state index in [9.17, 15) is 5.11 Å². The maximum absolute atomic E-state index is 9.43. The first-order valence-corrected chi connectivity index (χ1v) is 7.72. The average Bonchev–Trinajstić information content (AvgIpc) is 2.50. The molecule has 0 saturated heterocycles. The van der Waals surface area contributed by atoms with Crippen molar-refractivity contribution in [3.8, 4) is 6.01 Å². The third-order valence-corrected chi connectivity index (χ3v) is 3.89. The van der Waals surface area contributed by atoms with Crippen LogP contribution in [0, 0.1) is 11.8 Å². The van der Waals surface area contributed by atoms with E-state index < -0.39 is 0 Å². The number of hydrogen-bond acceptors (Lipinski definition) is 7. The number of hydrogen-bond donors (Lipinski definition) is 3. The Kier molecular flexibility index (Phi) is 5.98. The fourth-order valence-electron chi connectivity index (χ4n) is 2.72. The molecule has 0 amide bonds. The summed E-state index contributed by atoms with van der Waals surface area (Å²) in [6, 6.07) is 0.259. The van der Waals surface area contributed by atoms with Gasteiger partial charge in [-0.3, -0.25) is 0 Å². The molecular weight excluding hydrogens is 270 g/mol. The Morgan fingerprint density at radius 1 is 1.24 bits per heavy atom. The number of aliphatic hydroxyl groups excluding tert-OH is 1. The van der Waals surface area contributed by atoms with Gasteiger partial charge in [0.25, 0.3) is 0 Å². The molecular formula is C14H25N5O2. The Bertz CT molecular complexity index is 443. The number of aromatic nitrogens is 3. The highest BCUT2D eigenvalue weighted by Crippen LogP contribution is 2.29. The van der Waals surface area contributed by atoms with Crippen LogP contribution >= 0.6 is 0 Å². The highest BCUT2D eigenvalue weighted by atomic mass is 16.5. The standard InChI is InChI=1S/C14H25N5O2/c1-2-7-21-14-18-12(15)17-13(19-14)16-8-10-5-3-4-6-11(10)9-20/h10-11,20H,2-9H2,1H3,(H3,15,16,17,18,19). The topological polar surface area (TPSA) is 106 Å². The molecule has 1 heterocycles.